The summed E-state index contributed by atoms with van der Waals surface area (Å²) in [4.78, 5) is 24.3. The van der Waals surface area contributed by atoms with Crippen LogP contribution in [0.25, 0.3) is 16.5 Å². The first-order valence-corrected chi connectivity index (χ1v) is 7.53. The Balaban J connectivity index is 1.85. The van der Waals surface area contributed by atoms with Gasteiger partial charge in [0.15, 0.2) is 5.11 Å². The molecule has 110 valence electrons. The van der Waals surface area contributed by atoms with Crippen molar-refractivity contribution >= 4 is 46.6 Å². The molecule has 2 aromatic rings. The van der Waals surface area contributed by atoms with Crippen LogP contribution in [0, 0.1) is 0 Å². The van der Waals surface area contributed by atoms with E-state index in [1.165, 1.54) is 11.3 Å². The molecule has 0 saturated carbocycles. The Morgan fingerprint density at radius 1 is 1.14 bits per heavy atom. The van der Waals surface area contributed by atoms with Gasteiger partial charge in [-0.2, -0.15) is 0 Å². The maximum Gasteiger partial charge on any atom is 0.335 e. The molecule has 1 aromatic carbocycles. The summed E-state index contributed by atoms with van der Waals surface area (Å²) in [5.41, 5.74) is 1.60. The Morgan fingerprint density at radius 2 is 1.86 bits per heavy atom. The number of carbonyl (C=O) groups is 2. The fourth-order valence-electron chi connectivity index (χ4n) is 1.99. The Bertz CT molecular complexity index is 806. The zero-order valence-electron chi connectivity index (χ0n) is 11.1. The lowest BCUT2D eigenvalue weighted by Crippen LogP contribution is -2.21. The summed E-state index contributed by atoms with van der Waals surface area (Å²) >= 11 is 6.38. The van der Waals surface area contributed by atoms with Crippen molar-refractivity contribution in [3.05, 3.63) is 52.5 Å². The molecule has 1 aromatic heterocycles. The van der Waals surface area contributed by atoms with Crippen molar-refractivity contribution in [3.8, 4) is 10.4 Å². The lowest BCUT2D eigenvalue weighted by atomic mass is 10.1. The number of rotatable bonds is 3. The number of carboxylic acids is 1. The number of aromatic carboxylic acids is 1. The fourth-order valence-corrected chi connectivity index (χ4v) is 3.15. The van der Waals surface area contributed by atoms with Gasteiger partial charge in [0.1, 0.15) is 5.70 Å². The van der Waals surface area contributed by atoms with E-state index in [2.05, 4.69) is 10.6 Å². The van der Waals surface area contributed by atoms with Gasteiger partial charge in [0.2, 0.25) is 0 Å². The van der Waals surface area contributed by atoms with Gasteiger partial charge in [0, 0.05) is 9.75 Å². The number of hydrogen-bond acceptors (Lipinski definition) is 4. The Labute approximate surface area is 135 Å². The van der Waals surface area contributed by atoms with Crippen LogP contribution in [0.5, 0.6) is 0 Å². The lowest BCUT2D eigenvalue weighted by Gasteiger charge is -1.98. The van der Waals surface area contributed by atoms with Crippen molar-refractivity contribution in [2.75, 3.05) is 0 Å². The first-order valence-electron chi connectivity index (χ1n) is 6.30. The fraction of sp³-hybridized carbons (Fsp3) is 0. The van der Waals surface area contributed by atoms with Gasteiger partial charge in [-0.25, -0.2) is 4.79 Å². The van der Waals surface area contributed by atoms with Gasteiger partial charge in [-0.05, 0) is 48.1 Å². The Hall–Kier alpha value is -2.51. The molecule has 3 rings (SSSR count). The first-order chi connectivity index (χ1) is 10.5. The predicted molar refractivity (Wildman–Crippen MR) is 88.6 cm³/mol. The molecular weight excluding hydrogens is 320 g/mol. The van der Waals surface area contributed by atoms with Gasteiger partial charge in [0.25, 0.3) is 5.91 Å². The highest BCUT2D eigenvalue weighted by Crippen LogP contribution is 2.29. The lowest BCUT2D eigenvalue weighted by molar-refractivity contribution is -0.115. The maximum atomic E-state index is 11.6. The monoisotopic (exact) mass is 330 g/mol. The third-order valence-electron chi connectivity index (χ3n) is 3.05. The van der Waals surface area contributed by atoms with Crippen LogP contribution in [0.2, 0.25) is 0 Å². The highest BCUT2D eigenvalue weighted by atomic mass is 32.1. The molecule has 0 spiro atoms. The largest absolute Gasteiger partial charge is 0.478 e. The second-order valence-electron chi connectivity index (χ2n) is 4.55. The van der Waals surface area contributed by atoms with Gasteiger partial charge in [-0.1, -0.05) is 12.1 Å². The molecule has 5 nitrogen and oxygen atoms in total. The zero-order valence-corrected chi connectivity index (χ0v) is 12.8. The number of benzene rings is 1. The van der Waals surface area contributed by atoms with Gasteiger partial charge in [-0.15, -0.1) is 11.3 Å². The smallest absolute Gasteiger partial charge is 0.335 e. The molecular formula is C15H10N2O3S2. The third-order valence-corrected chi connectivity index (χ3v) is 4.34. The van der Waals surface area contributed by atoms with Crippen LogP contribution in [0.3, 0.4) is 0 Å². The quantitative estimate of drug-likeness (QED) is 0.595. The summed E-state index contributed by atoms with van der Waals surface area (Å²) in [5.74, 6) is -1.19. The molecule has 0 unspecified atom stereocenters. The van der Waals surface area contributed by atoms with Gasteiger partial charge in [-0.3, -0.25) is 10.1 Å². The Kier molecular flexibility index (Phi) is 3.74. The van der Waals surface area contributed by atoms with Crippen molar-refractivity contribution < 1.29 is 14.7 Å². The van der Waals surface area contributed by atoms with Crippen LogP contribution in [0.15, 0.2) is 42.1 Å². The highest BCUT2D eigenvalue weighted by molar-refractivity contribution is 7.80. The maximum absolute atomic E-state index is 11.6. The number of thiocarbonyl (C=S) groups is 1. The van der Waals surface area contributed by atoms with E-state index >= 15 is 0 Å². The average molecular weight is 330 g/mol. The minimum absolute atomic E-state index is 0.245. The predicted octanol–water partition coefficient (Wildman–Crippen LogP) is 2.46. The zero-order chi connectivity index (χ0) is 15.7. The number of hydrogen-bond donors (Lipinski definition) is 3. The van der Waals surface area contributed by atoms with E-state index in [1.807, 2.05) is 12.1 Å². The highest BCUT2D eigenvalue weighted by Gasteiger charge is 2.20. The van der Waals surface area contributed by atoms with Crippen LogP contribution < -0.4 is 10.6 Å². The molecule has 3 N–H and O–H groups in total. The minimum Gasteiger partial charge on any atom is -0.478 e. The van der Waals surface area contributed by atoms with E-state index in [1.54, 1.807) is 30.3 Å². The number of carboxylic acid groups (broad SMARTS) is 1. The van der Waals surface area contributed by atoms with Crippen LogP contribution in [-0.2, 0) is 4.79 Å². The molecule has 1 amide bonds. The summed E-state index contributed by atoms with van der Waals surface area (Å²) < 4.78 is 0. The van der Waals surface area contributed by atoms with Crippen molar-refractivity contribution in [1.82, 2.24) is 10.6 Å². The van der Waals surface area contributed by atoms with E-state index in [0.29, 0.717) is 10.8 Å². The molecule has 0 atom stereocenters. The van der Waals surface area contributed by atoms with E-state index in [9.17, 15) is 9.59 Å². The first kappa shape index (κ1) is 14.4. The molecule has 0 radical (unpaired) electrons. The van der Waals surface area contributed by atoms with Crippen molar-refractivity contribution in [1.29, 1.82) is 0 Å². The van der Waals surface area contributed by atoms with E-state index in [0.717, 1.165) is 15.3 Å². The number of thiophene rings is 1. The van der Waals surface area contributed by atoms with Gasteiger partial charge >= 0.3 is 5.97 Å². The molecule has 1 aliphatic heterocycles. The van der Waals surface area contributed by atoms with E-state index in [-0.39, 0.29) is 11.5 Å². The minimum atomic E-state index is -0.947. The van der Waals surface area contributed by atoms with Crippen molar-refractivity contribution in [2.24, 2.45) is 0 Å². The number of nitrogens with one attached hydrogen (secondary N) is 2. The molecule has 0 aliphatic carbocycles. The summed E-state index contributed by atoms with van der Waals surface area (Å²) in [7, 11) is 0. The molecule has 0 bridgehead atoms. The molecule has 22 heavy (non-hydrogen) atoms. The van der Waals surface area contributed by atoms with Crippen LogP contribution in [0.4, 0.5) is 0 Å². The van der Waals surface area contributed by atoms with Gasteiger partial charge in [0.05, 0.1) is 5.56 Å². The SMILES string of the molecule is O=C1NC(=S)NC1=Cc1ccc(-c2ccc(C(=O)O)cc2)s1. The number of amides is 1. The molecule has 1 saturated heterocycles. The summed E-state index contributed by atoms with van der Waals surface area (Å²) in [6.07, 6.45) is 1.73. The number of carbonyl (C=O) groups excluding carboxylic acids is 1. The summed E-state index contributed by atoms with van der Waals surface area (Å²) in [6, 6.07) is 10.5. The standard InChI is InChI=1S/C15H10N2O3S2/c18-13-11(16-15(21)17-13)7-10-5-6-12(22-10)8-1-3-9(4-2-8)14(19)20/h1-7H,(H,19,20)(H2,16,17,18,21). The molecule has 1 aliphatic rings. The molecule has 7 heteroatoms. The Morgan fingerprint density at radius 3 is 2.45 bits per heavy atom. The van der Waals surface area contributed by atoms with E-state index in [4.69, 9.17) is 17.3 Å². The van der Waals surface area contributed by atoms with Gasteiger partial charge < -0.3 is 10.4 Å². The van der Waals surface area contributed by atoms with E-state index < -0.39 is 5.97 Å². The summed E-state index contributed by atoms with van der Waals surface area (Å²) in [6.45, 7) is 0. The second-order valence-corrected chi connectivity index (χ2v) is 6.07. The molecule has 2 heterocycles. The topological polar surface area (TPSA) is 78.4 Å². The van der Waals surface area contributed by atoms with Crippen molar-refractivity contribution in [3.63, 3.8) is 0 Å². The average Bonchev–Trinajstić information content (AvgIpc) is 3.06. The van der Waals surface area contributed by atoms with Crippen LogP contribution >= 0.6 is 23.6 Å². The third kappa shape index (κ3) is 2.90. The van der Waals surface area contributed by atoms with Crippen molar-refractivity contribution in [2.45, 2.75) is 0 Å². The molecule has 1 fully saturated rings. The normalized spacial score (nSPS) is 15.7. The second kappa shape index (κ2) is 5.70. The van der Waals surface area contributed by atoms with Crippen LogP contribution in [-0.4, -0.2) is 22.1 Å². The summed E-state index contributed by atoms with van der Waals surface area (Å²) in [5, 5.41) is 14.5. The van der Waals surface area contributed by atoms with Crippen LogP contribution in [0.1, 0.15) is 15.2 Å².